The molecule has 2 aromatic rings. The van der Waals surface area contributed by atoms with E-state index in [0.717, 1.165) is 22.7 Å². The molecule has 0 fully saturated rings. The van der Waals surface area contributed by atoms with E-state index in [-0.39, 0.29) is 12.2 Å². The Morgan fingerprint density at radius 1 is 0.840 bits per heavy atom. The van der Waals surface area contributed by atoms with Crippen molar-refractivity contribution in [3.8, 4) is 0 Å². The molecule has 0 aliphatic rings. The summed E-state index contributed by atoms with van der Waals surface area (Å²) < 4.78 is 12.7. The molecule has 0 saturated carbocycles. The Bertz CT molecular complexity index is 665. The van der Waals surface area contributed by atoms with Gasteiger partial charge in [-0.25, -0.2) is 0 Å². The van der Waals surface area contributed by atoms with Gasteiger partial charge >= 0.3 is 8.56 Å². The highest BCUT2D eigenvalue weighted by Gasteiger charge is 2.40. The molecule has 134 valence electrons. The molecule has 0 N–H and O–H groups in total. The van der Waals surface area contributed by atoms with Crippen LogP contribution in [0.5, 0.6) is 0 Å². The first-order valence-electron chi connectivity index (χ1n) is 9.09. The van der Waals surface area contributed by atoms with Gasteiger partial charge in [-0.2, -0.15) is 0 Å². The summed E-state index contributed by atoms with van der Waals surface area (Å²) in [4.78, 5) is 0. The normalized spacial score (nSPS) is 12.0. The molecular weight excluding hydrogens is 324 g/mol. The molecule has 2 aromatic carbocycles. The molecule has 0 atom stereocenters. The fourth-order valence-corrected chi connectivity index (χ4v) is 6.29. The molecule has 0 aliphatic heterocycles. The van der Waals surface area contributed by atoms with Gasteiger partial charge < -0.3 is 8.85 Å². The maximum atomic E-state index is 6.36. The molecular formula is C22H30O2Si. The molecule has 0 aliphatic carbocycles. The monoisotopic (exact) mass is 354 g/mol. The van der Waals surface area contributed by atoms with Crippen LogP contribution in [0.4, 0.5) is 0 Å². The Kier molecular flexibility index (Phi) is 6.76. The van der Waals surface area contributed by atoms with Crippen LogP contribution in [0.1, 0.15) is 45.7 Å². The lowest BCUT2D eigenvalue weighted by Gasteiger charge is -2.34. The summed E-state index contributed by atoms with van der Waals surface area (Å²) in [5, 5.41) is 1.18. The second-order valence-electron chi connectivity index (χ2n) is 6.86. The van der Waals surface area contributed by atoms with Gasteiger partial charge in [-0.05, 0) is 55.6 Å². The van der Waals surface area contributed by atoms with Crippen LogP contribution >= 0.6 is 0 Å². The van der Waals surface area contributed by atoms with Crippen molar-refractivity contribution in [2.24, 2.45) is 0 Å². The number of hydrogen-bond acceptors (Lipinski definition) is 2. The quantitative estimate of drug-likeness (QED) is 0.601. The number of rotatable bonds is 8. The third-order valence-corrected chi connectivity index (χ3v) is 7.96. The zero-order chi connectivity index (χ0) is 18.4. The Morgan fingerprint density at radius 3 is 1.76 bits per heavy atom. The second-order valence-corrected chi connectivity index (χ2v) is 10.1. The van der Waals surface area contributed by atoms with Gasteiger partial charge in [-0.1, -0.05) is 68.1 Å². The first-order chi connectivity index (χ1) is 11.9. The van der Waals surface area contributed by atoms with Crippen molar-refractivity contribution in [3.05, 3.63) is 72.3 Å². The average Bonchev–Trinajstić information content (AvgIpc) is 2.60. The Labute approximate surface area is 153 Å². The van der Waals surface area contributed by atoms with Crippen LogP contribution in [0, 0.1) is 0 Å². The molecule has 0 heterocycles. The van der Waals surface area contributed by atoms with Gasteiger partial charge in [0.15, 0.2) is 0 Å². The number of benzene rings is 2. The maximum absolute atomic E-state index is 6.36. The van der Waals surface area contributed by atoms with E-state index in [1.54, 1.807) is 0 Å². The molecule has 0 unspecified atom stereocenters. The average molecular weight is 355 g/mol. The van der Waals surface area contributed by atoms with Crippen molar-refractivity contribution < 1.29 is 8.85 Å². The maximum Gasteiger partial charge on any atom is 0.372 e. The Morgan fingerprint density at radius 2 is 1.32 bits per heavy atom. The fraction of sp³-hybridized carbons (Fsp3) is 0.364. The summed E-state index contributed by atoms with van der Waals surface area (Å²) in [6.07, 6.45) is 0.286. The van der Waals surface area contributed by atoms with Gasteiger partial charge in [-0.15, -0.1) is 0 Å². The predicted octanol–water partition coefficient (Wildman–Crippen LogP) is 5.27. The molecule has 2 nitrogen and oxygen atoms in total. The molecule has 0 aromatic heterocycles. The van der Waals surface area contributed by atoms with Crippen molar-refractivity contribution in [1.29, 1.82) is 0 Å². The van der Waals surface area contributed by atoms with E-state index in [2.05, 4.69) is 77.6 Å². The minimum absolute atomic E-state index is 0.143. The van der Waals surface area contributed by atoms with Gasteiger partial charge in [0.05, 0.1) is 0 Å². The zero-order valence-electron chi connectivity index (χ0n) is 16.1. The van der Waals surface area contributed by atoms with E-state index in [0.29, 0.717) is 0 Å². The SMILES string of the molecule is C=C(c1ccccc1)c1ccc([Si](CC)(OC(C)C)OC(C)C)cc1. The minimum Gasteiger partial charge on any atom is -0.388 e. The third-order valence-electron chi connectivity index (χ3n) is 4.11. The standard InChI is InChI=1S/C22H30O2Si/c1-7-25(23-17(2)3,24-18(4)5)22-15-13-21(14-16-22)19(6)20-11-9-8-10-12-20/h8-18H,6-7H2,1-5H3. The molecule has 0 radical (unpaired) electrons. The van der Waals surface area contributed by atoms with Crippen molar-refractivity contribution >= 4 is 19.3 Å². The summed E-state index contributed by atoms with van der Waals surface area (Å²) in [6, 6.07) is 19.7. The van der Waals surface area contributed by atoms with Crippen molar-refractivity contribution in [1.82, 2.24) is 0 Å². The molecule has 0 bridgehead atoms. The van der Waals surface area contributed by atoms with Crippen molar-refractivity contribution in [2.75, 3.05) is 0 Å². The predicted molar refractivity (Wildman–Crippen MR) is 109 cm³/mol. The molecule has 0 amide bonds. The molecule has 0 spiro atoms. The highest BCUT2D eigenvalue weighted by Crippen LogP contribution is 2.23. The lowest BCUT2D eigenvalue weighted by Crippen LogP contribution is -2.55. The fourth-order valence-electron chi connectivity index (χ4n) is 3.03. The van der Waals surface area contributed by atoms with E-state index in [1.165, 1.54) is 5.19 Å². The van der Waals surface area contributed by atoms with Crippen LogP contribution < -0.4 is 5.19 Å². The van der Waals surface area contributed by atoms with Gasteiger partial charge in [0.2, 0.25) is 0 Å². The van der Waals surface area contributed by atoms with E-state index in [4.69, 9.17) is 8.85 Å². The van der Waals surface area contributed by atoms with Crippen LogP contribution in [0.2, 0.25) is 6.04 Å². The highest BCUT2D eigenvalue weighted by atomic mass is 28.4. The lowest BCUT2D eigenvalue weighted by molar-refractivity contribution is 0.116. The van der Waals surface area contributed by atoms with Gasteiger partial charge in [-0.3, -0.25) is 0 Å². The summed E-state index contributed by atoms with van der Waals surface area (Å²) in [7, 11) is -2.44. The van der Waals surface area contributed by atoms with Crippen LogP contribution in [-0.2, 0) is 8.85 Å². The summed E-state index contributed by atoms with van der Waals surface area (Å²) >= 11 is 0. The smallest absolute Gasteiger partial charge is 0.372 e. The van der Waals surface area contributed by atoms with Crippen molar-refractivity contribution in [2.45, 2.75) is 52.9 Å². The lowest BCUT2D eigenvalue weighted by atomic mass is 10.00. The van der Waals surface area contributed by atoms with Crippen LogP contribution in [0.25, 0.3) is 5.57 Å². The third kappa shape index (κ3) is 4.91. The van der Waals surface area contributed by atoms with Crippen LogP contribution in [-0.4, -0.2) is 20.8 Å². The van der Waals surface area contributed by atoms with E-state index in [9.17, 15) is 0 Å². The Hall–Kier alpha value is -1.68. The molecule has 2 rings (SSSR count). The topological polar surface area (TPSA) is 18.5 Å². The van der Waals surface area contributed by atoms with E-state index in [1.807, 2.05) is 18.2 Å². The van der Waals surface area contributed by atoms with Crippen LogP contribution in [0.15, 0.2) is 61.2 Å². The number of hydrogen-bond donors (Lipinski definition) is 0. The second kappa shape index (κ2) is 8.61. The summed E-state index contributed by atoms with van der Waals surface area (Å²) in [5.74, 6) is 0. The van der Waals surface area contributed by atoms with E-state index < -0.39 is 8.56 Å². The summed E-state index contributed by atoms with van der Waals surface area (Å²) in [5.41, 5.74) is 3.31. The summed E-state index contributed by atoms with van der Waals surface area (Å²) in [6.45, 7) is 14.7. The van der Waals surface area contributed by atoms with Gasteiger partial charge in [0.25, 0.3) is 0 Å². The molecule has 25 heavy (non-hydrogen) atoms. The van der Waals surface area contributed by atoms with Crippen LogP contribution in [0.3, 0.4) is 0 Å². The van der Waals surface area contributed by atoms with E-state index >= 15 is 0 Å². The Balaban J connectivity index is 2.33. The molecule has 0 saturated heterocycles. The highest BCUT2D eigenvalue weighted by molar-refractivity contribution is 6.81. The minimum atomic E-state index is -2.44. The molecule has 3 heteroatoms. The first-order valence-corrected chi connectivity index (χ1v) is 11.1. The first kappa shape index (κ1) is 19.6. The van der Waals surface area contributed by atoms with Crippen molar-refractivity contribution in [3.63, 3.8) is 0 Å². The zero-order valence-corrected chi connectivity index (χ0v) is 17.1. The van der Waals surface area contributed by atoms with Gasteiger partial charge in [0, 0.05) is 12.2 Å². The largest absolute Gasteiger partial charge is 0.388 e. The van der Waals surface area contributed by atoms with Gasteiger partial charge in [0.1, 0.15) is 0 Å².